The Bertz CT molecular complexity index is 498. The monoisotopic (exact) mass is 292 g/mol. The van der Waals surface area contributed by atoms with Gasteiger partial charge in [-0.05, 0) is 24.7 Å². The van der Waals surface area contributed by atoms with E-state index in [9.17, 15) is 0 Å². The van der Waals surface area contributed by atoms with Gasteiger partial charge < -0.3 is 14.4 Å². The van der Waals surface area contributed by atoms with Gasteiger partial charge in [-0.15, -0.1) is 5.10 Å². The van der Waals surface area contributed by atoms with Gasteiger partial charge in [0.2, 0.25) is 0 Å². The zero-order valence-corrected chi connectivity index (χ0v) is 12.7. The molecule has 0 spiro atoms. The molecule has 6 heteroatoms. The summed E-state index contributed by atoms with van der Waals surface area (Å²) < 4.78 is 13.6. The Morgan fingerprint density at radius 2 is 2.24 bits per heavy atom. The summed E-state index contributed by atoms with van der Waals surface area (Å²) in [6.07, 6.45) is 5.56. The highest BCUT2D eigenvalue weighted by atomic mass is 16.5. The van der Waals surface area contributed by atoms with Gasteiger partial charge in [-0.2, -0.15) is 0 Å². The summed E-state index contributed by atoms with van der Waals surface area (Å²) in [7, 11) is 0. The highest BCUT2D eigenvalue weighted by Gasteiger charge is 2.38. The average molecular weight is 292 g/mol. The van der Waals surface area contributed by atoms with E-state index >= 15 is 0 Å². The maximum atomic E-state index is 5.98. The molecule has 2 saturated heterocycles. The van der Waals surface area contributed by atoms with E-state index in [-0.39, 0.29) is 0 Å². The van der Waals surface area contributed by atoms with Crippen LogP contribution in [-0.2, 0) is 16.1 Å². The smallest absolute Gasteiger partial charge is 0.0929 e. The molecule has 0 bridgehead atoms. The minimum atomic E-state index is 0.304. The van der Waals surface area contributed by atoms with Gasteiger partial charge >= 0.3 is 0 Å². The van der Waals surface area contributed by atoms with Gasteiger partial charge in [0.05, 0.1) is 30.6 Å². The average Bonchev–Trinajstić information content (AvgIpc) is 2.96. The third kappa shape index (κ3) is 2.60. The fourth-order valence-corrected chi connectivity index (χ4v) is 3.95. The molecule has 0 amide bonds. The lowest BCUT2D eigenvalue weighted by atomic mass is 9.81. The fraction of sp³-hybridized carbons (Fsp3) is 0.867. The second-order valence-corrected chi connectivity index (χ2v) is 7.03. The number of aromatic nitrogens is 3. The molecule has 21 heavy (non-hydrogen) atoms. The van der Waals surface area contributed by atoms with E-state index in [0.717, 1.165) is 45.0 Å². The zero-order chi connectivity index (χ0) is 14.3. The number of likely N-dealkylation sites (tertiary alicyclic amines) is 1. The molecule has 0 radical (unpaired) electrons. The molecule has 4 rings (SSSR count). The van der Waals surface area contributed by atoms with Gasteiger partial charge in [0.1, 0.15) is 0 Å². The minimum absolute atomic E-state index is 0.304. The van der Waals surface area contributed by atoms with E-state index in [1.54, 1.807) is 0 Å². The van der Waals surface area contributed by atoms with Crippen LogP contribution in [0.25, 0.3) is 0 Å². The highest BCUT2D eigenvalue weighted by molar-refractivity contribution is 5.01. The SMILES string of the molecule is CC1(CN2CC[C@@H]3OCc4cnnn4[C@@H]3C2)CCOCC1. The number of nitrogens with zero attached hydrogens (tertiary/aromatic N) is 4. The second kappa shape index (κ2) is 5.34. The Labute approximate surface area is 125 Å². The van der Waals surface area contributed by atoms with Crippen LogP contribution >= 0.6 is 0 Å². The van der Waals surface area contributed by atoms with Gasteiger partial charge in [0.15, 0.2) is 0 Å². The number of hydrogen-bond acceptors (Lipinski definition) is 5. The van der Waals surface area contributed by atoms with Crippen molar-refractivity contribution in [2.75, 3.05) is 32.8 Å². The first-order valence-electron chi connectivity index (χ1n) is 8.04. The first-order valence-corrected chi connectivity index (χ1v) is 8.04. The minimum Gasteiger partial charge on any atom is -0.381 e. The standard InChI is InChI=1S/C15H24N4O2/c1-15(3-6-20-7-4-15)11-18-5-2-14-13(9-18)19-12(10-21-14)8-16-17-19/h8,13-14H,2-7,9-11H2,1H3/t13-,14+/m1/s1. The van der Waals surface area contributed by atoms with Crippen LogP contribution in [-0.4, -0.2) is 58.8 Å². The van der Waals surface area contributed by atoms with Crippen LogP contribution in [0, 0.1) is 5.41 Å². The normalized spacial score (nSPS) is 32.4. The largest absolute Gasteiger partial charge is 0.381 e. The summed E-state index contributed by atoms with van der Waals surface area (Å²) in [5.74, 6) is 0. The third-order valence-electron chi connectivity index (χ3n) is 5.32. The van der Waals surface area contributed by atoms with E-state index in [1.165, 1.54) is 12.8 Å². The molecule has 0 aliphatic carbocycles. The van der Waals surface area contributed by atoms with Crippen LogP contribution in [0.15, 0.2) is 6.20 Å². The maximum Gasteiger partial charge on any atom is 0.0929 e. The molecule has 2 fully saturated rings. The Hall–Kier alpha value is -0.980. The van der Waals surface area contributed by atoms with Crippen LogP contribution in [0.3, 0.4) is 0 Å². The second-order valence-electron chi connectivity index (χ2n) is 7.03. The number of ether oxygens (including phenoxy) is 2. The van der Waals surface area contributed by atoms with E-state index in [4.69, 9.17) is 9.47 Å². The molecule has 1 aromatic heterocycles. The molecule has 0 saturated carbocycles. The van der Waals surface area contributed by atoms with Crippen LogP contribution in [0.2, 0.25) is 0 Å². The Morgan fingerprint density at radius 3 is 3.10 bits per heavy atom. The molecule has 0 N–H and O–H groups in total. The highest BCUT2D eigenvalue weighted by Crippen LogP contribution is 2.35. The first-order chi connectivity index (χ1) is 10.2. The molecule has 6 nitrogen and oxygen atoms in total. The Morgan fingerprint density at radius 1 is 1.38 bits per heavy atom. The number of fused-ring (bicyclic) bond motifs is 3. The summed E-state index contributed by atoms with van der Waals surface area (Å²) in [5, 5.41) is 8.33. The summed E-state index contributed by atoms with van der Waals surface area (Å²) in [6, 6.07) is 0.327. The number of rotatable bonds is 2. The van der Waals surface area contributed by atoms with Crippen molar-refractivity contribution in [3.63, 3.8) is 0 Å². The number of piperidine rings is 1. The molecule has 2 atom stereocenters. The van der Waals surface area contributed by atoms with Crippen molar-refractivity contribution in [1.29, 1.82) is 0 Å². The molecule has 0 unspecified atom stereocenters. The summed E-state index contributed by atoms with van der Waals surface area (Å²) >= 11 is 0. The van der Waals surface area contributed by atoms with Crippen LogP contribution < -0.4 is 0 Å². The lowest BCUT2D eigenvalue weighted by molar-refractivity contribution is -0.0764. The topological polar surface area (TPSA) is 52.4 Å². The predicted molar refractivity (Wildman–Crippen MR) is 76.9 cm³/mol. The van der Waals surface area contributed by atoms with Gasteiger partial charge in [0, 0.05) is 32.8 Å². The predicted octanol–water partition coefficient (Wildman–Crippen LogP) is 1.24. The van der Waals surface area contributed by atoms with Crippen LogP contribution in [0.5, 0.6) is 0 Å². The summed E-state index contributed by atoms with van der Waals surface area (Å²) in [5.41, 5.74) is 1.50. The molecule has 3 aliphatic rings. The van der Waals surface area contributed by atoms with Crippen molar-refractivity contribution in [1.82, 2.24) is 19.9 Å². The van der Waals surface area contributed by atoms with Gasteiger partial charge in [-0.3, -0.25) is 0 Å². The van der Waals surface area contributed by atoms with E-state index in [2.05, 4.69) is 26.8 Å². The van der Waals surface area contributed by atoms with Crippen molar-refractivity contribution < 1.29 is 9.47 Å². The maximum absolute atomic E-state index is 5.98. The van der Waals surface area contributed by atoms with E-state index in [1.807, 2.05) is 6.20 Å². The molecule has 116 valence electrons. The number of hydrogen-bond donors (Lipinski definition) is 0. The van der Waals surface area contributed by atoms with Crippen molar-refractivity contribution in [2.24, 2.45) is 5.41 Å². The molecule has 3 aliphatic heterocycles. The van der Waals surface area contributed by atoms with Crippen LogP contribution in [0.4, 0.5) is 0 Å². The van der Waals surface area contributed by atoms with Gasteiger partial charge in [0.25, 0.3) is 0 Å². The van der Waals surface area contributed by atoms with Crippen LogP contribution in [0.1, 0.15) is 37.9 Å². The van der Waals surface area contributed by atoms with E-state index in [0.29, 0.717) is 24.2 Å². The fourth-order valence-electron chi connectivity index (χ4n) is 3.95. The molecular formula is C15H24N4O2. The van der Waals surface area contributed by atoms with Gasteiger partial charge in [-0.25, -0.2) is 4.68 Å². The lowest BCUT2D eigenvalue weighted by Crippen LogP contribution is -2.51. The summed E-state index contributed by atoms with van der Waals surface area (Å²) in [4.78, 5) is 2.59. The Balaban J connectivity index is 1.46. The summed E-state index contributed by atoms with van der Waals surface area (Å²) in [6.45, 7) is 8.19. The van der Waals surface area contributed by atoms with Crippen molar-refractivity contribution in [3.8, 4) is 0 Å². The zero-order valence-electron chi connectivity index (χ0n) is 12.7. The van der Waals surface area contributed by atoms with Gasteiger partial charge in [-0.1, -0.05) is 12.1 Å². The lowest BCUT2D eigenvalue weighted by Gasteiger charge is -2.45. The molecule has 0 aromatic carbocycles. The molecule has 1 aromatic rings. The molecule has 4 heterocycles. The van der Waals surface area contributed by atoms with Crippen molar-refractivity contribution >= 4 is 0 Å². The van der Waals surface area contributed by atoms with E-state index < -0.39 is 0 Å². The Kier molecular flexibility index (Phi) is 3.47. The third-order valence-corrected chi connectivity index (χ3v) is 5.32. The van der Waals surface area contributed by atoms with Crippen molar-refractivity contribution in [2.45, 2.75) is 44.9 Å². The van der Waals surface area contributed by atoms with Crippen molar-refractivity contribution in [3.05, 3.63) is 11.9 Å². The quantitative estimate of drug-likeness (QED) is 0.821. The first kappa shape index (κ1) is 13.7. The molecular weight excluding hydrogens is 268 g/mol.